The summed E-state index contributed by atoms with van der Waals surface area (Å²) in [5.41, 5.74) is 0.288. The van der Waals surface area contributed by atoms with Gasteiger partial charge in [0.25, 0.3) is 0 Å². The SMILES string of the molecule is CCCCCC1(CCl)CCOC1C. The molecule has 0 aromatic rings. The lowest BCUT2D eigenvalue weighted by molar-refractivity contribution is 0.0683. The number of unbranched alkanes of at least 4 members (excludes halogenated alkanes) is 2. The lowest BCUT2D eigenvalue weighted by atomic mass is 9.79. The van der Waals surface area contributed by atoms with Gasteiger partial charge in [-0.05, 0) is 19.8 Å². The van der Waals surface area contributed by atoms with Gasteiger partial charge in [-0.2, -0.15) is 0 Å². The Morgan fingerprint density at radius 2 is 2.23 bits per heavy atom. The van der Waals surface area contributed by atoms with Gasteiger partial charge in [0.05, 0.1) is 6.10 Å². The van der Waals surface area contributed by atoms with E-state index in [4.69, 9.17) is 16.3 Å². The van der Waals surface area contributed by atoms with E-state index in [-0.39, 0.29) is 5.41 Å². The van der Waals surface area contributed by atoms with E-state index < -0.39 is 0 Å². The van der Waals surface area contributed by atoms with Crippen LogP contribution in [0, 0.1) is 5.41 Å². The van der Waals surface area contributed by atoms with Crippen LogP contribution in [-0.4, -0.2) is 18.6 Å². The number of rotatable bonds is 5. The highest BCUT2D eigenvalue weighted by molar-refractivity contribution is 6.18. The van der Waals surface area contributed by atoms with E-state index in [1.807, 2.05) is 0 Å². The van der Waals surface area contributed by atoms with Crippen LogP contribution in [0.25, 0.3) is 0 Å². The molecule has 1 aliphatic heterocycles. The molecule has 0 aliphatic carbocycles. The average molecular weight is 205 g/mol. The summed E-state index contributed by atoms with van der Waals surface area (Å²) >= 11 is 6.06. The summed E-state index contributed by atoms with van der Waals surface area (Å²) in [5.74, 6) is 0.762. The lowest BCUT2D eigenvalue weighted by Crippen LogP contribution is -2.30. The van der Waals surface area contributed by atoms with Crippen LogP contribution in [0.5, 0.6) is 0 Å². The Balaban J connectivity index is 2.39. The predicted molar refractivity (Wildman–Crippen MR) is 57.3 cm³/mol. The minimum atomic E-state index is 0.288. The van der Waals surface area contributed by atoms with E-state index >= 15 is 0 Å². The van der Waals surface area contributed by atoms with E-state index in [1.54, 1.807) is 0 Å². The number of halogens is 1. The molecule has 1 saturated heterocycles. The van der Waals surface area contributed by atoms with Crippen molar-refractivity contribution < 1.29 is 4.74 Å². The molecule has 0 bridgehead atoms. The maximum Gasteiger partial charge on any atom is 0.0615 e. The van der Waals surface area contributed by atoms with Crippen LogP contribution in [-0.2, 0) is 4.74 Å². The Morgan fingerprint density at radius 3 is 2.69 bits per heavy atom. The summed E-state index contributed by atoms with van der Waals surface area (Å²) in [6, 6.07) is 0. The smallest absolute Gasteiger partial charge is 0.0615 e. The second-order valence-electron chi connectivity index (χ2n) is 4.22. The Morgan fingerprint density at radius 1 is 1.46 bits per heavy atom. The molecule has 0 aromatic heterocycles. The molecule has 0 aromatic carbocycles. The van der Waals surface area contributed by atoms with E-state index in [1.165, 1.54) is 25.7 Å². The van der Waals surface area contributed by atoms with Gasteiger partial charge >= 0.3 is 0 Å². The maximum atomic E-state index is 6.06. The first-order valence-corrected chi connectivity index (χ1v) is 5.96. The molecule has 2 heteroatoms. The molecule has 0 spiro atoms. The first-order valence-electron chi connectivity index (χ1n) is 5.43. The Labute approximate surface area is 86.8 Å². The van der Waals surface area contributed by atoms with Crippen molar-refractivity contribution in [2.45, 2.75) is 52.1 Å². The second kappa shape index (κ2) is 5.21. The van der Waals surface area contributed by atoms with Gasteiger partial charge in [-0.3, -0.25) is 0 Å². The highest BCUT2D eigenvalue weighted by Crippen LogP contribution is 2.40. The fourth-order valence-corrected chi connectivity index (χ4v) is 2.60. The van der Waals surface area contributed by atoms with E-state index in [0.717, 1.165) is 18.9 Å². The van der Waals surface area contributed by atoms with Crippen LogP contribution in [0.2, 0.25) is 0 Å². The van der Waals surface area contributed by atoms with Crippen LogP contribution in [0.1, 0.15) is 46.0 Å². The standard InChI is InChI=1S/C11H21ClO/c1-3-4-5-6-11(9-12)7-8-13-10(11)2/h10H,3-9H2,1-2H3. The van der Waals surface area contributed by atoms with Gasteiger partial charge in [0, 0.05) is 17.9 Å². The Kier molecular flexibility index (Phi) is 4.54. The lowest BCUT2D eigenvalue weighted by Gasteiger charge is -2.29. The number of hydrogen-bond donors (Lipinski definition) is 0. The number of alkyl halides is 1. The van der Waals surface area contributed by atoms with Crippen LogP contribution in [0.4, 0.5) is 0 Å². The molecule has 78 valence electrons. The summed E-state index contributed by atoms with van der Waals surface area (Å²) in [7, 11) is 0. The zero-order valence-electron chi connectivity index (χ0n) is 8.81. The summed E-state index contributed by atoms with van der Waals surface area (Å²) < 4.78 is 5.61. The fraction of sp³-hybridized carbons (Fsp3) is 1.00. The molecule has 13 heavy (non-hydrogen) atoms. The number of ether oxygens (including phenoxy) is 1. The van der Waals surface area contributed by atoms with Gasteiger partial charge < -0.3 is 4.74 Å². The fourth-order valence-electron chi connectivity index (χ4n) is 2.12. The molecule has 1 heterocycles. The van der Waals surface area contributed by atoms with Gasteiger partial charge in [0.1, 0.15) is 0 Å². The van der Waals surface area contributed by atoms with Crippen molar-refractivity contribution in [2.75, 3.05) is 12.5 Å². The first kappa shape index (κ1) is 11.3. The van der Waals surface area contributed by atoms with Crippen molar-refractivity contribution in [3.63, 3.8) is 0 Å². The van der Waals surface area contributed by atoms with Gasteiger partial charge in [-0.1, -0.05) is 26.2 Å². The van der Waals surface area contributed by atoms with Crippen LogP contribution >= 0.6 is 11.6 Å². The van der Waals surface area contributed by atoms with Crippen molar-refractivity contribution in [3.8, 4) is 0 Å². The highest BCUT2D eigenvalue weighted by Gasteiger charge is 2.39. The zero-order valence-corrected chi connectivity index (χ0v) is 9.57. The molecule has 1 fully saturated rings. The molecule has 0 radical (unpaired) electrons. The monoisotopic (exact) mass is 204 g/mol. The molecular weight excluding hydrogens is 184 g/mol. The zero-order chi connectivity index (χ0) is 9.73. The van der Waals surface area contributed by atoms with Gasteiger partial charge in [0.2, 0.25) is 0 Å². The van der Waals surface area contributed by atoms with Crippen molar-refractivity contribution >= 4 is 11.6 Å². The minimum absolute atomic E-state index is 0.288. The molecular formula is C11H21ClO. The van der Waals surface area contributed by atoms with Gasteiger partial charge in [0.15, 0.2) is 0 Å². The third-order valence-electron chi connectivity index (χ3n) is 3.37. The molecule has 1 aliphatic rings. The minimum Gasteiger partial charge on any atom is -0.378 e. The maximum absolute atomic E-state index is 6.06. The van der Waals surface area contributed by atoms with Crippen molar-refractivity contribution in [1.82, 2.24) is 0 Å². The van der Waals surface area contributed by atoms with Crippen LogP contribution in [0.3, 0.4) is 0 Å². The molecule has 0 saturated carbocycles. The topological polar surface area (TPSA) is 9.23 Å². The Hall–Kier alpha value is 0.250. The largest absolute Gasteiger partial charge is 0.378 e. The van der Waals surface area contributed by atoms with Crippen molar-refractivity contribution in [1.29, 1.82) is 0 Å². The van der Waals surface area contributed by atoms with Crippen molar-refractivity contribution in [2.24, 2.45) is 5.41 Å². The highest BCUT2D eigenvalue weighted by atomic mass is 35.5. The average Bonchev–Trinajstić information content (AvgIpc) is 2.49. The number of hydrogen-bond acceptors (Lipinski definition) is 1. The third kappa shape index (κ3) is 2.60. The first-order chi connectivity index (χ1) is 6.25. The van der Waals surface area contributed by atoms with E-state index in [2.05, 4.69) is 13.8 Å². The summed E-state index contributed by atoms with van der Waals surface area (Å²) in [4.78, 5) is 0. The Bertz CT molecular complexity index is 149. The van der Waals surface area contributed by atoms with Crippen molar-refractivity contribution in [3.05, 3.63) is 0 Å². The van der Waals surface area contributed by atoms with Crippen LogP contribution < -0.4 is 0 Å². The summed E-state index contributed by atoms with van der Waals surface area (Å²) in [5, 5.41) is 0. The second-order valence-corrected chi connectivity index (χ2v) is 4.48. The van der Waals surface area contributed by atoms with E-state index in [0.29, 0.717) is 6.10 Å². The molecule has 1 nitrogen and oxygen atoms in total. The molecule has 0 amide bonds. The quantitative estimate of drug-likeness (QED) is 0.491. The summed E-state index contributed by atoms with van der Waals surface area (Å²) in [6.07, 6.45) is 6.67. The molecule has 1 rings (SSSR count). The van der Waals surface area contributed by atoms with Gasteiger partial charge in [-0.25, -0.2) is 0 Å². The van der Waals surface area contributed by atoms with E-state index in [9.17, 15) is 0 Å². The molecule has 2 unspecified atom stereocenters. The molecule has 0 N–H and O–H groups in total. The normalized spacial score (nSPS) is 33.9. The summed E-state index contributed by atoms with van der Waals surface area (Å²) in [6.45, 7) is 5.31. The van der Waals surface area contributed by atoms with Crippen LogP contribution in [0.15, 0.2) is 0 Å². The van der Waals surface area contributed by atoms with Gasteiger partial charge in [-0.15, -0.1) is 11.6 Å². The predicted octanol–water partition coefficient (Wildman–Crippen LogP) is 3.60. The third-order valence-corrected chi connectivity index (χ3v) is 3.91. The molecule has 2 atom stereocenters.